The second kappa shape index (κ2) is 6.59. The van der Waals surface area contributed by atoms with Crippen LogP contribution in [0.1, 0.15) is 30.5 Å². The highest BCUT2D eigenvalue weighted by molar-refractivity contribution is 5.48. The van der Waals surface area contributed by atoms with Crippen LogP contribution in [0.2, 0.25) is 0 Å². The van der Waals surface area contributed by atoms with Gasteiger partial charge >= 0.3 is 6.18 Å². The second-order valence-corrected chi connectivity index (χ2v) is 6.63. The lowest BCUT2D eigenvalue weighted by atomic mass is 9.85. The molecule has 0 unspecified atom stereocenters. The summed E-state index contributed by atoms with van der Waals surface area (Å²) in [6.07, 6.45) is 0.0755. The minimum atomic E-state index is -4.53. The Morgan fingerprint density at radius 3 is 2.58 bits per heavy atom. The Morgan fingerprint density at radius 2 is 1.92 bits per heavy atom. The molecule has 136 valence electrons. The summed E-state index contributed by atoms with van der Waals surface area (Å²) in [4.78, 5) is 9.43. The molecule has 1 saturated carbocycles. The SMILES string of the molecule is FC(F)(F)c1cc(N(Cc2ccccc2)CC2CCC2)n2ncnc2n1. The number of hydrogen-bond acceptors (Lipinski definition) is 4. The number of alkyl halides is 3. The Labute approximate surface area is 148 Å². The molecule has 0 aliphatic heterocycles. The molecule has 0 amide bonds. The van der Waals surface area contributed by atoms with Gasteiger partial charge in [0.25, 0.3) is 5.78 Å². The summed E-state index contributed by atoms with van der Waals surface area (Å²) in [6.45, 7) is 1.19. The van der Waals surface area contributed by atoms with E-state index in [2.05, 4.69) is 15.1 Å². The molecule has 1 aliphatic rings. The Balaban J connectivity index is 1.77. The number of nitrogens with zero attached hydrogens (tertiary/aromatic N) is 5. The van der Waals surface area contributed by atoms with Crippen molar-refractivity contribution < 1.29 is 13.2 Å². The molecule has 2 heterocycles. The van der Waals surface area contributed by atoms with E-state index < -0.39 is 11.9 Å². The number of rotatable bonds is 5. The van der Waals surface area contributed by atoms with Crippen molar-refractivity contribution in [3.05, 3.63) is 54.0 Å². The summed E-state index contributed by atoms with van der Waals surface area (Å²) in [7, 11) is 0. The van der Waals surface area contributed by atoms with Crippen LogP contribution in [0.4, 0.5) is 19.0 Å². The van der Waals surface area contributed by atoms with Gasteiger partial charge in [-0.25, -0.2) is 4.98 Å². The fourth-order valence-corrected chi connectivity index (χ4v) is 3.20. The van der Waals surface area contributed by atoms with Gasteiger partial charge in [0.15, 0.2) is 5.69 Å². The molecular formula is C18H18F3N5. The van der Waals surface area contributed by atoms with Crippen molar-refractivity contribution >= 4 is 11.6 Å². The number of fused-ring (bicyclic) bond motifs is 1. The van der Waals surface area contributed by atoms with Crippen LogP contribution in [0.15, 0.2) is 42.7 Å². The third-order valence-electron chi connectivity index (χ3n) is 4.77. The molecule has 5 nitrogen and oxygen atoms in total. The topological polar surface area (TPSA) is 46.3 Å². The molecule has 0 atom stereocenters. The molecule has 26 heavy (non-hydrogen) atoms. The van der Waals surface area contributed by atoms with Gasteiger partial charge in [0.1, 0.15) is 12.1 Å². The first-order valence-electron chi connectivity index (χ1n) is 8.57. The minimum absolute atomic E-state index is 0.0403. The molecule has 1 aliphatic carbocycles. The Bertz CT molecular complexity index is 887. The van der Waals surface area contributed by atoms with Crippen LogP contribution in [-0.2, 0) is 12.7 Å². The molecule has 0 bridgehead atoms. The molecule has 8 heteroatoms. The van der Waals surface area contributed by atoms with Gasteiger partial charge in [-0.1, -0.05) is 36.8 Å². The number of aromatic nitrogens is 4. The highest BCUT2D eigenvalue weighted by Crippen LogP contribution is 2.33. The van der Waals surface area contributed by atoms with Crippen LogP contribution in [0.5, 0.6) is 0 Å². The van der Waals surface area contributed by atoms with Crippen molar-refractivity contribution in [2.75, 3.05) is 11.4 Å². The first-order chi connectivity index (χ1) is 12.5. The molecule has 2 aromatic heterocycles. The second-order valence-electron chi connectivity index (χ2n) is 6.63. The van der Waals surface area contributed by atoms with Crippen LogP contribution >= 0.6 is 0 Å². The maximum Gasteiger partial charge on any atom is 0.433 e. The zero-order chi connectivity index (χ0) is 18.1. The standard InChI is InChI=1S/C18H18F3N5/c19-18(20,21)15-9-16(26-17(24-15)22-12-23-26)25(11-14-7-4-8-14)10-13-5-2-1-3-6-13/h1-3,5-6,9,12,14H,4,7-8,10-11H2. The summed E-state index contributed by atoms with van der Waals surface area (Å²) >= 11 is 0. The van der Waals surface area contributed by atoms with E-state index in [1.165, 1.54) is 17.3 Å². The predicted octanol–water partition coefficient (Wildman–Crippen LogP) is 3.95. The van der Waals surface area contributed by atoms with Gasteiger partial charge < -0.3 is 4.90 Å². The van der Waals surface area contributed by atoms with Gasteiger partial charge in [0.05, 0.1) is 0 Å². The molecule has 0 radical (unpaired) electrons. The van der Waals surface area contributed by atoms with Gasteiger partial charge in [-0.15, -0.1) is 0 Å². The highest BCUT2D eigenvalue weighted by atomic mass is 19.4. The van der Waals surface area contributed by atoms with E-state index in [1.807, 2.05) is 35.2 Å². The largest absolute Gasteiger partial charge is 0.433 e. The minimum Gasteiger partial charge on any atom is -0.352 e. The number of anilines is 1. The average Bonchev–Trinajstić information content (AvgIpc) is 3.05. The quantitative estimate of drug-likeness (QED) is 0.690. The number of benzene rings is 1. The average molecular weight is 361 g/mol. The molecule has 0 N–H and O–H groups in total. The lowest BCUT2D eigenvalue weighted by Gasteiger charge is -2.34. The van der Waals surface area contributed by atoms with Crippen molar-refractivity contribution in [2.45, 2.75) is 32.0 Å². The summed E-state index contributed by atoms with van der Waals surface area (Å²) in [5.74, 6) is 0.817. The van der Waals surface area contributed by atoms with Gasteiger partial charge in [0.2, 0.25) is 0 Å². The van der Waals surface area contributed by atoms with Gasteiger partial charge in [-0.3, -0.25) is 0 Å². The van der Waals surface area contributed by atoms with E-state index in [9.17, 15) is 13.2 Å². The summed E-state index contributed by atoms with van der Waals surface area (Å²) < 4.78 is 41.3. The monoisotopic (exact) mass is 361 g/mol. The van der Waals surface area contributed by atoms with E-state index in [-0.39, 0.29) is 5.78 Å². The van der Waals surface area contributed by atoms with Crippen LogP contribution in [-0.4, -0.2) is 26.1 Å². The lowest BCUT2D eigenvalue weighted by Crippen LogP contribution is -2.34. The fourth-order valence-electron chi connectivity index (χ4n) is 3.20. The van der Waals surface area contributed by atoms with Crippen molar-refractivity contribution in [3.63, 3.8) is 0 Å². The maximum absolute atomic E-state index is 13.3. The van der Waals surface area contributed by atoms with Crippen LogP contribution < -0.4 is 4.90 Å². The van der Waals surface area contributed by atoms with Crippen LogP contribution in [0, 0.1) is 5.92 Å². The van der Waals surface area contributed by atoms with Gasteiger partial charge in [-0.05, 0) is 24.3 Å². The number of halogens is 3. The van der Waals surface area contributed by atoms with E-state index in [0.717, 1.165) is 24.5 Å². The van der Waals surface area contributed by atoms with E-state index in [4.69, 9.17) is 0 Å². The van der Waals surface area contributed by atoms with E-state index in [0.29, 0.717) is 24.8 Å². The molecule has 1 aromatic carbocycles. The molecule has 1 fully saturated rings. The first kappa shape index (κ1) is 16.8. The predicted molar refractivity (Wildman–Crippen MR) is 90.6 cm³/mol. The molecule has 0 spiro atoms. The Kier molecular flexibility index (Phi) is 4.26. The first-order valence-corrected chi connectivity index (χ1v) is 8.57. The maximum atomic E-state index is 13.3. The van der Waals surface area contributed by atoms with Crippen molar-refractivity contribution in [2.24, 2.45) is 5.92 Å². The zero-order valence-corrected chi connectivity index (χ0v) is 14.0. The van der Waals surface area contributed by atoms with Crippen molar-refractivity contribution in [1.82, 2.24) is 19.6 Å². The lowest BCUT2D eigenvalue weighted by molar-refractivity contribution is -0.141. The Hall–Kier alpha value is -2.64. The van der Waals surface area contributed by atoms with Gasteiger partial charge in [0, 0.05) is 19.2 Å². The zero-order valence-electron chi connectivity index (χ0n) is 14.0. The van der Waals surface area contributed by atoms with E-state index in [1.54, 1.807) is 0 Å². The third kappa shape index (κ3) is 3.36. The van der Waals surface area contributed by atoms with Crippen LogP contribution in [0.25, 0.3) is 5.78 Å². The summed E-state index contributed by atoms with van der Waals surface area (Å²) in [6, 6.07) is 10.8. The third-order valence-corrected chi connectivity index (χ3v) is 4.77. The molecule has 0 saturated heterocycles. The molecular weight excluding hydrogens is 343 g/mol. The normalized spacial score (nSPS) is 15.2. The summed E-state index contributed by atoms with van der Waals surface area (Å²) in [5, 5.41) is 4.09. The molecule has 4 rings (SSSR count). The highest BCUT2D eigenvalue weighted by Gasteiger charge is 2.35. The van der Waals surface area contributed by atoms with Crippen LogP contribution in [0.3, 0.4) is 0 Å². The van der Waals surface area contributed by atoms with Gasteiger partial charge in [-0.2, -0.15) is 27.8 Å². The number of hydrogen-bond donors (Lipinski definition) is 0. The van der Waals surface area contributed by atoms with E-state index >= 15 is 0 Å². The summed E-state index contributed by atoms with van der Waals surface area (Å²) in [5.41, 5.74) is 0.0881. The molecule has 3 aromatic rings. The smallest absolute Gasteiger partial charge is 0.352 e. The fraction of sp³-hybridized carbons (Fsp3) is 0.389. The van der Waals surface area contributed by atoms with Crippen molar-refractivity contribution in [3.8, 4) is 0 Å². The van der Waals surface area contributed by atoms with Crippen molar-refractivity contribution in [1.29, 1.82) is 0 Å². The Morgan fingerprint density at radius 1 is 1.15 bits per heavy atom.